The summed E-state index contributed by atoms with van der Waals surface area (Å²) in [6, 6.07) is 14.6. The van der Waals surface area contributed by atoms with E-state index in [0.717, 1.165) is 37.6 Å². The number of amides is 2. The second kappa shape index (κ2) is 7.81. The van der Waals surface area contributed by atoms with E-state index in [2.05, 4.69) is 11.0 Å². The fourth-order valence-electron chi connectivity index (χ4n) is 4.05. The molecular formula is C21H23ClN3O3+. The molecule has 0 radical (unpaired) electrons. The molecule has 2 aromatic carbocycles. The number of quaternary nitrogens is 1. The molecule has 0 bridgehead atoms. The summed E-state index contributed by atoms with van der Waals surface area (Å²) in [4.78, 5) is 30.3. The number of imide groups is 1. The normalized spacial score (nSPS) is 20.7. The molecule has 6 nitrogen and oxygen atoms in total. The average molecular weight is 401 g/mol. The molecule has 2 heterocycles. The molecule has 4 rings (SSSR count). The molecule has 0 saturated carbocycles. The molecule has 2 aliphatic heterocycles. The molecule has 2 aliphatic rings. The van der Waals surface area contributed by atoms with Crippen LogP contribution in [0.15, 0.2) is 48.5 Å². The van der Waals surface area contributed by atoms with E-state index in [4.69, 9.17) is 16.3 Å². The van der Waals surface area contributed by atoms with Crippen molar-refractivity contribution in [2.45, 2.75) is 12.5 Å². The molecule has 28 heavy (non-hydrogen) atoms. The van der Waals surface area contributed by atoms with Gasteiger partial charge in [-0.15, -0.1) is 0 Å². The van der Waals surface area contributed by atoms with Crippen molar-refractivity contribution in [3.05, 3.63) is 53.6 Å². The first-order valence-electron chi connectivity index (χ1n) is 9.43. The van der Waals surface area contributed by atoms with E-state index in [0.29, 0.717) is 10.7 Å². The first-order valence-corrected chi connectivity index (χ1v) is 9.80. The van der Waals surface area contributed by atoms with Gasteiger partial charge in [-0.05, 0) is 30.3 Å². The van der Waals surface area contributed by atoms with Crippen LogP contribution in [0.4, 0.5) is 11.4 Å². The van der Waals surface area contributed by atoms with Crippen molar-refractivity contribution in [3.63, 3.8) is 0 Å². The van der Waals surface area contributed by atoms with Gasteiger partial charge in [-0.25, -0.2) is 4.90 Å². The van der Waals surface area contributed by atoms with E-state index in [1.807, 2.05) is 18.2 Å². The van der Waals surface area contributed by atoms with Gasteiger partial charge in [0.05, 0.1) is 45.4 Å². The van der Waals surface area contributed by atoms with Gasteiger partial charge in [0.1, 0.15) is 5.75 Å². The van der Waals surface area contributed by atoms with Crippen LogP contribution in [0.3, 0.4) is 0 Å². The summed E-state index contributed by atoms with van der Waals surface area (Å²) in [7, 11) is 1.66. The average Bonchev–Trinajstić information content (AvgIpc) is 3.02. The fraction of sp³-hybridized carbons (Fsp3) is 0.333. The Labute approximate surface area is 169 Å². The highest BCUT2D eigenvalue weighted by atomic mass is 35.5. The van der Waals surface area contributed by atoms with Gasteiger partial charge in [-0.3, -0.25) is 9.59 Å². The predicted octanol–water partition coefficient (Wildman–Crippen LogP) is 1.39. The molecule has 146 valence electrons. The molecule has 0 unspecified atom stereocenters. The summed E-state index contributed by atoms with van der Waals surface area (Å²) in [5.74, 6) is 0.554. The quantitative estimate of drug-likeness (QED) is 0.788. The van der Waals surface area contributed by atoms with Crippen molar-refractivity contribution in [1.82, 2.24) is 0 Å². The molecule has 2 amide bonds. The van der Waals surface area contributed by atoms with Crippen LogP contribution in [0.1, 0.15) is 6.42 Å². The third-order valence-electron chi connectivity index (χ3n) is 5.53. The Kier molecular flexibility index (Phi) is 5.24. The van der Waals surface area contributed by atoms with Gasteiger partial charge in [0, 0.05) is 16.8 Å². The number of methoxy groups -OCH3 is 1. The Hall–Kier alpha value is -2.57. The van der Waals surface area contributed by atoms with E-state index >= 15 is 0 Å². The van der Waals surface area contributed by atoms with Crippen molar-refractivity contribution in [2.24, 2.45) is 0 Å². The van der Waals surface area contributed by atoms with Crippen LogP contribution in [-0.2, 0) is 9.59 Å². The van der Waals surface area contributed by atoms with Gasteiger partial charge in [0.15, 0.2) is 6.04 Å². The van der Waals surface area contributed by atoms with Crippen LogP contribution in [0.25, 0.3) is 0 Å². The lowest BCUT2D eigenvalue weighted by Crippen LogP contribution is -3.19. The zero-order valence-electron chi connectivity index (χ0n) is 15.7. The number of nitrogens with one attached hydrogen (secondary N) is 1. The largest absolute Gasteiger partial charge is 0.497 e. The molecule has 0 aliphatic carbocycles. The number of carbonyl (C=O) groups is 2. The van der Waals surface area contributed by atoms with Crippen LogP contribution >= 0.6 is 11.6 Å². The van der Waals surface area contributed by atoms with Crippen molar-refractivity contribution >= 4 is 34.8 Å². The van der Waals surface area contributed by atoms with E-state index in [1.165, 1.54) is 9.80 Å². The second-order valence-corrected chi connectivity index (χ2v) is 7.59. The number of ether oxygens (including phenoxy) is 1. The van der Waals surface area contributed by atoms with Gasteiger partial charge in [0.2, 0.25) is 5.91 Å². The smallest absolute Gasteiger partial charge is 0.292 e. The van der Waals surface area contributed by atoms with E-state index in [1.54, 1.807) is 31.4 Å². The number of anilines is 2. The summed E-state index contributed by atoms with van der Waals surface area (Å²) >= 11 is 6.03. The molecule has 2 saturated heterocycles. The van der Waals surface area contributed by atoms with Crippen molar-refractivity contribution in [2.75, 3.05) is 43.1 Å². The number of hydrogen-bond acceptors (Lipinski definition) is 4. The first kappa shape index (κ1) is 18.8. The van der Waals surface area contributed by atoms with E-state index < -0.39 is 0 Å². The maximum Gasteiger partial charge on any atom is 0.292 e. The minimum Gasteiger partial charge on any atom is -0.497 e. The summed E-state index contributed by atoms with van der Waals surface area (Å²) < 4.78 is 5.31. The lowest BCUT2D eigenvalue weighted by molar-refractivity contribution is -0.915. The Balaban J connectivity index is 1.43. The van der Waals surface area contributed by atoms with Gasteiger partial charge >= 0.3 is 0 Å². The summed E-state index contributed by atoms with van der Waals surface area (Å²) in [6.07, 6.45) is 0.250. The summed E-state index contributed by atoms with van der Waals surface area (Å²) in [5, 5.41) is 0.515. The molecular weight excluding hydrogens is 378 g/mol. The zero-order chi connectivity index (χ0) is 19.7. The highest BCUT2D eigenvalue weighted by molar-refractivity contribution is 6.31. The SMILES string of the molecule is COc1cccc(N2CC[NH+]([C@@H]3CC(=O)N(c4cccc(Cl)c4)C3=O)CC2)c1. The molecule has 2 aromatic rings. The highest BCUT2D eigenvalue weighted by Crippen LogP contribution is 2.25. The van der Waals surface area contributed by atoms with E-state index in [9.17, 15) is 9.59 Å². The number of nitrogens with zero attached hydrogens (tertiary/aromatic N) is 2. The van der Waals surface area contributed by atoms with Crippen molar-refractivity contribution < 1.29 is 19.2 Å². The maximum atomic E-state index is 13.0. The Morgan fingerprint density at radius 1 is 1.04 bits per heavy atom. The predicted molar refractivity (Wildman–Crippen MR) is 108 cm³/mol. The number of benzene rings is 2. The van der Waals surface area contributed by atoms with Crippen LogP contribution in [-0.4, -0.2) is 51.1 Å². The maximum absolute atomic E-state index is 13.0. The van der Waals surface area contributed by atoms with Crippen molar-refractivity contribution in [1.29, 1.82) is 0 Å². The van der Waals surface area contributed by atoms with Gasteiger partial charge in [0.25, 0.3) is 5.91 Å². The van der Waals surface area contributed by atoms with E-state index in [-0.39, 0.29) is 24.3 Å². The topological polar surface area (TPSA) is 54.3 Å². The van der Waals surface area contributed by atoms with Crippen LogP contribution in [0, 0.1) is 0 Å². The minimum atomic E-state index is -0.320. The molecule has 1 atom stereocenters. The van der Waals surface area contributed by atoms with Crippen LogP contribution < -0.4 is 19.4 Å². The monoisotopic (exact) mass is 400 g/mol. The molecule has 0 spiro atoms. The number of halogens is 1. The fourth-order valence-corrected chi connectivity index (χ4v) is 4.23. The standard InChI is InChI=1S/C21H22ClN3O3/c1-28-18-7-3-5-16(13-18)23-8-10-24(11-9-23)19-14-20(26)25(21(19)27)17-6-2-4-15(22)12-17/h2-7,12-13,19H,8-11,14H2,1H3/p+1/t19-/m1/s1. The molecule has 0 aromatic heterocycles. The number of carbonyl (C=O) groups excluding carboxylic acids is 2. The van der Waals surface area contributed by atoms with Gasteiger partial charge in [-0.2, -0.15) is 0 Å². The lowest BCUT2D eigenvalue weighted by atomic mass is 10.1. The summed E-state index contributed by atoms with van der Waals surface area (Å²) in [6.45, 7) is 3.28. The Morgan fingerprint density at radius 3 is 2.46 bits per heavy atom. The third-order valence-corrected chi connectivity index (χ3v) is 5.77. The Bertz CT molecular complexity index is 896. The van der Waals surface area contributed by atoms with Crippen LogP contribution in [0.2, 0.25) is 5.02 Å². The summed E-state index contributed by atoms with van der Waals surface area (Å²) in [5.41, 5.74) is 1.67. The Morgan fingerprint density at radius 2 is 1.75 bits per heavy atom. The molecule has 7 heteroatoms. The first-order chi connectivity index (χ1) is 13.6. The number of piperazine rings is 1. The molecule has 2 fully saturated rings. The van der Waals surface area contributed by atoms with Gasteiger partial charge in [-0.1, -0.05) is 23.7 Å². The third kappa shape index (κ3) is 3.57. The highest BCUT2D eigenvalue weighted by Gasteiger charge is 2.46. The number of hydrogen-bond donors (Lipinski definition) is 1. The van der Waals surface area contributed by atoms with Crippen LogP contribution in [0.5, 0.6) is 5.75 Å². The van der Waals surface area contributed by atoms with Gasteiger partial charge < -0.3 is 14.5 Å². The van der Waals surface area contributed by atoms with Crippen molar-refractivity contribution in [3.8, 4) is 5.75 Å². The second-order valence-electron chi connectivity index (χ2n) is 7.15. The lowest BCUT2D eigenvalue weighted by Gasteiger charge is -2.35. The molecule has 1 N–H and O–H groups in total. The number of rotatable bonds is 4. The zero-order valence-corrected chi connectivity index (χ0v) is 16.5. The minimum absolute atomic E-state index is 0.128.